The number of esters is 1. The molecule has 260 valence electrons. The third-order valence-corrected chi connectivity index (χ3v) is 10.0. The fraction of sp³-hybridized carbons (Fsp3) is 0.405. The van der Waals surface area contributed by atoms with Crippen LogP contribution in [0.5, 0.6) is 5.75 Å². The second-order valence-electron chi connectivity index (χ2n) is 13.4. The smallest absolute Gasteiger partial charge is 0.338 e. The average Bonchev–Trinajstić information content (AvgIpc) is 3.72. The number of ether oxygens (including phenoxy) is 2. The monoisotopic (exact) mass is 679 g/mol. The van der Waals surface area contributed by atoms with E-state index in [0.717, 1.165) is 63.1 Å². The Hall–Kier alpha value is -5.30. The summed E-state index contributed by atoms with van der Waals surface area (Å²) in [6, 6.07) is 11.3. The van der Waals surface area contributed by atoms with E-state index in [9.17, 15) is 19.2 Å². The molecular formula is C37H41N7O6. The molecule has 7 rings (SSSR count). The van der Waals surface area contributed by atoms with Crippen molar-refractivity contribution >= 4 is 41.1 Å². The molecule has 2 fully saturated rings. The number of hydrogen-bond acceptors (Lipinski definition) is 10. The molecule has 1 aliphatic carbocycles. The van der Waals surface area contributed by atoms with Crippen LogP contribution in [-0.2, 0) is 11.3 Å². The Bertz CT molecular complexity index is 1940. The fourth-order valence-electron chi connectivity index (χ4n) is 7.51. The summed E-state index contributed by atoms with van der Waals surface area (Å²) < 4.78 is 12.4. The van der Waals surface area contributed by atoms with Gasteiger partial charge in [0.2, 0.25) is 0 Å². The molecule has 1 N–H and O–H groups in total. The number of rotatable bonds is 9. The summed E-state index contributed by atoms with van der Waals surface area (Å²) in [7, 11) is 1.31. The molecule has 1 saturated carbocycles. The van der Waals surface area contributed by atoms with Crippen LogP contribution < -0.4 is 15.0 Å². The summed E-state index contributed by atoms with van der Waals surface area (Å²) in [5, 5.41) is 7.22. The van der Waals surface area contributed by atoms with E-state index >= 15 is 0 Å². The van der Waals surface area contributed by atoms with E-state index < -0.39 is 5.97 Å². The van der Waals surface area contributed by atoms with Crippen LogP contribution in [0.2, 0.25) is 0 Å². The number of piperazine rings is 1. The zero-order valence-corrected chi connectivity index (χ0v) is 28.5. The van der Waals surface area contributed by atoms with Crippen LogP contribution in [0.25, 0.3) is 5.65 Å². The highest BCUT2D eigenvalue weighted by atomic mass is 16.5. The second-order valence-corrected chi connectivity index (χ2v) is 13.4. The molecular weight excluding hydrogens is 638 g/mol. The van der Waals surface area contributed by atoms with Crippen LogP contribution in [0.4, 0.5) is 11.4 Å². The number of carbonyl (C=O) groups is 4. The third kappa shape index (κ3) is 6.40. The van der Waals surface area contributed by atoms with E-state index in [4.69, 9.17) is 9.47 Å². The van der Waals surface area contributed by atoms with Crippen molar-refractivity contribution in [1.29, 1.82) is 0 Å². The Labute approximate surface area is 290 Å². The van der Waals surface area contributed by atoms with Crippen LogP contribution in [0.1, 0.15) is 86.5 Å². The normalized spacial score (nSPS) is 19.5. The molecule has 2 aromatic heterocycles. The topological polar surface area (TPSA) is 139 Å². The molecule has 2 aliphatic heterocycles. The second kappa shape index (κ2) is 13.9. The van der Waals surface area contributed by atoms with E-state index in [1.165, 1.54) is 13.3 Å². The zero-order valence-electron chi connectivity index (χ0n) is 28.5. The van der Waals surface area contributed by atoms with Crippen LogP contribution in [0.15, 0.2) is 55.0 Å². The van der Waals surface area contributed by atoms with Gasteiger partial charge < -0.3 is 24.6 Å². The van der Waals surface area contributed by atoms with Crippen LogP contribution in [0, 0.1) is 0 Å². The number of aromatic nitrogens is 3. The molecule has 50 heavy (non-hydrogen) atoms. The highest BCUT2D eigenvalue weighted by Crippen LogP contribution is 2.38. The minimum atomic E-state index is -0.518. The number of methoxy groups -OCH3 is 1. The zero-order chi connectivity index (χ0) is 34.9. The van der Waals surface area contributed by atoms with E-state index in [1.807, 2.05) is 30.9 Å². The lowest BCUT2D eigenvalue weighted by molar-refractivity contribution is 0.0575. The van der Waals surface area contributed by atoms with E-state index in [2.05, 4.69) is 25.2 Å². The van der Waals surface area contributed by atoms with Gasteiger partial charge in [0.05, 0.1) is 30.7 Å². The summed E-state index contributed by atoms with van der Waals surface area (Å²) >= 11 is 0. The number of hydrogen-bond donors (Lipinski definition) is 1. The Morgan fingerprint density at radius 1 is 1.00 bits per heavy atom. The van der Waals surface area contributed by atoms with Crippen molar-refractivity contribution in [2.24, 2.45) is 0 Å². The maximum absolute atomic E-state index is 13.8. The lowest BCUT2D eigenvalue weighted by Crippen LogP contribution is -2.52. The number of fused-ring (bicyclic) bond motifs is 2. The van der Waals surface area contributed by atoms with Gasteiger partial charge in [-0.25, -0.2) is 14.3 Å². The van der Waals surface area contributed by atoms with Gasteiger partial charge in [0, 0.05) is 74.0 Å². The molecule has 0 spiro atoms. The van der Waals surface area contributed by atoms with Crippen molar-refractivity contribution in [3.8, 4) is 5.75 Å². The van der Waals surface area contributed by atoms with E-state index in [1.54, 1.807) is 41.2 Å². The molecule has 0 unspecified atom stereocenters. The van der Waals surface area contributed by atoms with Crippen molar-refractivity contribution in [3.63, 3.8) is 0 Å². The first-order valence-electron chi connectivity index (χ1n) is 17.1. The van der Waals surface area contributed by atoms with Gasteiger partial charge >= 0.3 is 5.97 Å². The van der Waals surface area contributed by atoms with Crippen molar-refractivity contribution in [1.82, 2.24) is 24.4 Å². The maximum Gasteiger partial charge on any atom is 0.338 e. The highest BCUT2D eigenvalue weighted by molar-refractivity contribution is 6.09. The first kappa shape index (κ1) is 33.2. The van der Waals surface area contributed by atoms with Gasteiger partial charge in [0.1, 0.15) is 11.3 Å². The predicted octanol–water partition coefficient (Wildman–Crippen LogP) is 4.46. The third-order valence-electron chi connectivity index (χ3n) is 10.0. The first-order chi connectivity index (χ1) is 24.2. The molecule has 13 nitrogen and oxygen atoms in total. The molecule has 0 bridgehead atoms. The van der Waals surface area contributed by atoms with Gasteiger partial charge in [-0.2, -0.15) is 5.10 Å². The molecule has 2 amide bonds. The van der Waals surface area contributed by atoms with Crippen molar-refractivity contribution < 1.29 is 28.7 Å². The molecule has 4 aromatic rings. The van der Waals surface area contributed by atoms with Crippen molar-refractivity contribution in [2.75, 3.05) is 43.5 Å². The summed E-state index contributed by atoms with van der Waals surface area (Å²) in [5.41, 5.74) is 4.33. The molecule has 2 aromatic carbocycles. The number of nitrogens with zero attached hydrogens (tertiary/aromatic N) is 6. The molecule has 13 heteroatoms. The summed E-state index contributed by atoms with van der Waals surface area (Å²) in [6.07, 6.45) is 9.23. The van der Waals surface area contributed by atoms with Gasteiger partial charge in [-0.05, 0) is 81.5 Å². The fourth-order valence-corrected chi connectivity index (χ4v) is 7.51. The van der Waals surface area contributed by atoms with Gasteiger partial charge in [0.15, 0.2) is 11.9 Å². The Balaban J connectivity index is 0.977. The Morgan fingerprint density at radius 2 is 1.76 bits per heavy atom. The minimum absolute atomic E-state index is 0.00304. The largest absolute Gasteiger partial charge is 0.489 e. The quantitative estimate of drug-likeness (QED) is 0.199. The highest BCUT2D eigenvalue weighted by Gasteiger charge is 2.37. The minimum Gasteiger partial charge on any atom is -0.489 e. The van der Waals surface area contributed by atoms with Gasteiger partial charge in [-0.3, -0.25) is 19.3 Å². The maximum atomic E-state index is 13.8. The summed E-state index contributed by atoms with van der Waals surface area (Å²) in [4.78, 5) is 61.9. The molecule has 4 heterocycles. The van der Waals surface area contributed by atoms with Crippen molar-refractivity contribution in [2.45, 2.75) is 64.3 Å². The summed E-state index contributed by atoms with van der Waals surface area (Å²) in [6.45, 7) is 7.75. The number of amides is 2. The number of benzene rings is 2. The lowest BCUT2D eigenvalue weighted by atomic mass is 9.89. The van der Waals surface area contributed by atoms with Gasteiger partial charge in [-0.15, -0.1) is 0 Å². The predicted molar refractivity (Wildman–Crippen MR) is 186 cm³/mol. The van der Waals surface area contributed by atoms with Crippen LogP contribution in [-0.4, -0.2) is 99.9 Å². The number of anilines is 2. The molecule has 0 radical (unpaired) electrons. The number of carbonyl (C=O) groups excluding carboxylic acids is 4. The summed E-state index contributed by atoms with van der Waals surface area (Å²) in [5.74, 6) is -0.412. The molecule has 0 atom stereocenters. The van der Waals surface area contributed by atoms with Crippen LogP contribution >= 0.6 is 0 Å². The number of nitrogens with one attached hydrogen (secondary N) is 1. The Kier molecular flexibility index (Phi) is 9.23. The van der Waals surface area contributed by atoms with E-state index in [-0.39, 0.29) is 29.5 Å². The standard InChI is InChI=1S/C37H41N7O6/c1-23(2)50-33-19-30-24(18-32(33)40-35(46)31-20-39-44-12-4-11-38-34(31)44)21-43(36(30)47)27-7-5-26(6-8-27)41-13-15-42(16-14-41)28-9-10-29(37(48)49-3)25(17-28)22-45/h4,9-12,17-20,22-23,26-27H,5-8,13-16,21H2,1-3H3,(H,40,46). The number of aldehydes is 1. The molecule has 3 aliphatic rings. The average molecular weight is 680 g/mol. The van der Waals surface area contributed by atoms with Crippen LogP contribution in [0.3, 0.4) is 0 Å². The van der Waals surface area contributed by atoms with Gasteiger partial charge in [0.25, 0.3) is 11.8 Å². The Morgan fingerprint density at radius 3 is 2.48 bits per heavy atom. The van der Waals surface area contributed by atoms with Gasteiger partial charge in [-0.1, -0.05) is 0 Å². The van der Waals surface area contributed by atoms with Crippen molar-refractivity contribution in [3.05, 3.63) is 82.8 Å². The SMILES string of the molecule is COC(=O)c1ccc(N2CCN(C3CCC(N4Cc5cc(NC(=O)c6cnn7cccnc67)c(OC(C)C)cc5C4=O)CC3)CC2)cc1C=O. The molecule has 1 saturated heterocycles. The van der Waals surface area contributed by atoms with E-state index in [0.29, 0.717) is 52.6 Å². The first-order valence-corrected chi connectivity index (χ1v) is 17.1. The lowest BCUT2D eigenvalue weighted by Gasteiger charge is -2.43.